The number of carbonyl (C=O) groups is 3. The Kier molecular flexibility index (Phi) is 8.97. The Hall–Kier alpha value is -3.07. The Balaban J connectivity index is 1.49. The Morgan fingerprint density at radius 3 is 2.58 bits per heavy atom. The summed E-state index contributed by atoms with van der Waals surface area (Å²) in [5, 5.41) is -0.117. The summed E-state index contributed by atoms with van der Waals surface area (Å²) < 4.78 is 12.3. The molecule has 1 fully saturated rings. The van der Waals surface area contributed by atoms with Crippen molar-refractivity contribution in [2.24, 2.45) is 0 Å². The lowest BCUT2D eigenvalue weighted by molar-refractivity contribution is -0.123. The van der Waals surface area contributed by atoms with E-state index < -0.39 is 11.9 Å². The average molecular weight is 615 g/mol. The zero-order valence-electron chi connectivity index (χ0n) is 21.0. The van der Waals surface area contributed by atoms with E-state index in [0.717, 1.165) is 33.5 Å². The summed E-state index contributed by atoms with van der Waals surface area (Å²) in [5.41, 5.74) is 2.82. The maximum atomic E-state index is 13.1. The van der Waals surface area contributed by atoms with E-state index in [0.29, 0.717) is 10.0 Å². The number of esters is 1. The fraction of sp³-hybridized carbons (Fsp3) is 0.207. The van der Waals surface area contributed by atoms with E-state index >= 15 is 0 Å². The van der Waals surface area contributed by atoms with Crippen LogP contribution in [0.4, 0.5) is 4.79 Å². The predicted molar refractivity (Wildman–Crippen MR) is 154 cm³/mol. The van der Waals surface area contributed by atoms with Gasteiger partial charge < -0.3 is 9.47 Å². The molecule has 6 nitrogen and oxygen atoms in total. The van der Waals surface area contributed by atoms with Crippen molar-refractivity contribution < 1.29 is 23.9 Å². The van der Waals surface area contributed by atoms with Crippen molar-refractivity contribution >= 4 is 62.5 Å². The highest BCUT2D eigenvalue weighted by Crippen LogP contribution is 2.35. The standard InChI is InChI=1S/C29H25BrClNO5S/c1-17(2)21-10-8-18(3)14-25(21)36-13-12-32-27(33)26(38-29(32)35)16-19-15-20(30)9-11-24(19)37-28(34)22-6-4-5-7-23(22)31/h4-11,14-17H,12-13H2,1-3H3/b26-16-. The molecule has 1 heterocycles. The molecule has 2 amide bonds. The Morgan fingerprint density at radius 2 is 1.84 bits per heavy atom. The van der Waals surface area contributed by atoms with Gasteiger partial charge in [0.25, 0.3) is 11.1 Å². The Morgan fingerprint density at radius 1 is 1.08 bits per heavy atom. The second-order valence-electron chi connectivity index (χ2n) is 8.93. The first-order valence-corrected chi connectivity index (χ1v) is 13.9. The molecule has 0 bridgehead atoms. The highest BCUT2D eigenvalue weighted by atomic mass is 79.9. The molecule has 1 aliphatic heterocycles. The van der Waals surface area contributed by atoms with Crippen molar-refractivity contribution in [1.29, 1.82) is 0 Å². The van der Waals surface area contributed by atoms with Crippen LogP contribution >= 0.6 is 39.3 Å². The lowest BCUT2D eigenvalue weighted by Crippen LogP contribution is -2.32. The van der Waals surface area contributed by atoms with Gasteiger partial charge in [-0.2, -0.15) is 0 Å². The predicted octanol–water partition coefficient (Wildman–Crippen LogP) is 7.87. The number of amides is 2. The summed E-state index contributed by atoms with van der Waals surface area (Å²) in [6.07, 6.45) is 1.54. The highest BCUT2D eigenvalue weighted by Gasteiger charge is 2.35. The maximum Gasteiger partial charge on any atom is 0.345 e. The number of nitrogens with zero attached hydrogens (tertiary/aromatic N) is 1. The molecule has 0 saturated carbocycles. The van der Waals surface area contributed by atoms with Crippen molar-refractivity contribution in [3.63, 3.8) is 0 Å². The van der Waals surface area contributed by atoms with Crippen LogP contribution in [0.1, 0.15) is 46.8 Å². The molecule has 0 aromatic heterocycles. The van der Waals surface area contributed by atoms with Crippen molar-refractivity contribution in [3.05, 3.63) is 97.3 Å². The molecule has 3 aromatic carbocycles. The summed E-state index contributed by atoms with van der Waals surface area (Å²) in [6, 6.07) is 17.6. The molecule has 1 saturated heterocycles. The zero-order chi connectivity index (χ0) is 27.4. The minimum Gasteiger partial charge on any atom is -0.491 e. The van der Waals surface area contributed by atoms with Gasteiger partial charge in [-0.05, 0) is 78.2 Å². The van der Waals surface area contributed by atoms with Gasteiger partial charge in [-0.25, -0.2) is 4.79 Å². The van der Waals surface area contributed by atoms with Crippen LogP contribution in [0, 0.1) is 6.92 Å². The van der Waals surface area contributed by atoms with E-state index in [9.17, 15) is 14.4 Å². The highest BCUT2D eigenvalue weighted by molar-refractivity contribution is 9.10. The van der Waals surface area contributed by atoms with Crippen molar-refractivity contribution in [2.45, 2.75) is 26.7 Å². The first kappa shape index (κ1) is 28.0. The summed E-state index contributed by atoms with van der Waals surface area (Å²) in [6.45, 7) is 6.44. The number of hydrogen-bond donors (Lipinski definition) is 0. The van der Waals surface area contributed by atoms with E-state index in [1.807, 2.05) is 25.1 Å². The topological polar surface area (TPSA) is 72.9 Å². The van der Waals surface area contributed by atoms with Crippen molar-refractivity contribution in [3.8, 4) is 11.5 Å². The van der Waals surface area contributed by atoms with Crippen LogP contribution in [0.5, 0.6) is 11.5 Å². The van der Waals surface area contributed by atoms with Crippen LogP contribution in [-0.2, 0) is 4.79 Å². The molecule has 0 aliphatic carbocycles. The number of ether oxygens (including phenoxy) is 2. The molecule has 0 N–H and O–H groups in total. The van der Waals surface area contributed by atoms with Crippen molar-refractivity contribution in [1.82, 2.24) is 4.90 Å². The monoisotopic (exact) mass is 613 g/mol. The molecule has 9 heteroatoms. The largest absolute Gasteiger partial charge is 0.491 e. The van der Waals surface area contributed by atoms with Crippen LogP contribution in [0.15, 0.2) is 70.0 Å². The second kappa shape index (κ2) is 12.2. The van der Waals surface area contributed by atoms with Crippen LogP contribution in [0.2, 0.25) is 5.02 Å². The smallest absolute Gasteiger partial charge is 0.345 e. The van der Waals surface area contributed by atoms with Gasteiger partial charge in [-0.1, -0.05) is 65.6 Å². The van der Waals surface area contributed by atoms with Gasteiger partial charge in [0.05, 0.1) is 22.0 Å². The fourth-order valence-corrected chi connectivity index (χ4v) is 5.28. The maximum absolute atomic E-state index is 13.1. The Bertz CT molecular complexity index is 1440. The first-order chi connectivity index (χ1) is 18.1. The minimum absolute atomic E-state index is 0.111. The van der Waals surface area contributed by atoms with Crippen molar-refractivity contribution in [2.75, 3.05) is 13.2 Å². The SMILES string of the molecule is Cc1ccc(C(C)C)c(OCCN2C(=O)S/C(=C\c3cc(Br)ccc3OC(=O)c3ccccc3Cl)C2=O)c1. The average Bonchev–Trinajstić information content (AvgIpc) is 3.13. The quantitative estimate of drug-likeness (QED) is 0.146. The first-order valence-electron chi connectivity index (χ1n) is 11.9. The molecule has 0 unspecified atom stereocenters. The summed E-state index contributed by atoms with van der Waals surface area (Å²) in [7, 11) is 0. The van der Waals surface area contributed by atoms with Crippen LogP contribution < -0.4 is 9.47 Å². The molecule has 0 atom stereocenters. The molecule has 196 valence electrons. The van der Waals surface area contributed by atoms with E-state index in [4.69, 9.17) is 21.1 Å². The lowest BCUT2D eigenvalue weighted by Gasteiger charge is -2.17. The molecule has 3 aromatic rings. The van der Waals surface area contributed by atoms with Gasteiger partial charge in [-0.15, -0.1) is 0 Å². The molecule has 4 rings (SSSR count). The number of halogens is 2. The van der Waals surface area contributed by atoms with Gasteiger partial charge in [0.15, 0.2) is 0 Å². The third kappa shape index (κ3) is 6.49. The summed E-state index contributed by atoms with van der Waals surface area (Å²) in [5.74, 6) is 0.197. The normalized spacial score (nSPS) is 14.5. The zero-order valence-corrected chi connectivity index (χ0v) is 24.2. The molecule has 0 radical (unpaired) electrons. The number of aryl methyl sites for hydroxylation is 1. The van der Waals surface area contributed by atoms with Gasteiger partial charge in [0, 0.05) is 10.0 Å². The third-order valence-electron chi connectivity index (χ3n) is 5.79. The fourth-order valence-electron chi connectivity index (χ4n) is 3.83. The second-order valence-corrected chi connectivity index (χ2v) is 11.2. The van der Waals surface area contributed by atoms with Gasteiger partial charge in [-0.3, -0.25) is 14.5 Å². The number of thioether (sulfide) groups is 1. The van der Waals surface area contributed by atoms with E-state index in [-0.39, 0.29) is 45.5 Å². The van der Waals surface area contributed by atoms with Gasteiger partial charge in [0.1, 0.15) is 18.1 Å². The van der Waals surface area contributed by atoms with Crippen LogP contribution in [0.25, 0.3) is 6.08 Å². The molecule has 1 aliphatic rings. The van der Waals surface area contributed by atoms with Gasteiger partial charge in [0.2, 0.25) is 0 Å². The summed E-state index contributed by atoms with van der Waals surface area (Å²) >= 11 is 10.4. The molecule has 0 spiro atoms. The number of imide groups is 1. The number of hydrogen-bond acceptors (Lipinski definition) is 6. The minimum atomic E-state index is -0.630. The lowest BCUT2D eigenvalue weighted by atomic mass is 10.0. The Labute approximate surface area is 239 Å². The van der Waals surface area contributed by atoms with E-state index in [1.165, 1.54) is 0 Å². The van der Waals surface area contributed by atoms with E-state index in [2.05, 4.69) is 29.8 Å². The summed E-state index contributed by atoms with van der Waals surface area (Å²) in [4.78, 5) is 39.9. The molecular formula is C29H25BrClNO5S. The molecular weight excluding hydrogens is 590 g/mol. The van der Waals surface area contributed by atoms with Gasteiger partial charge >= 0.3 is 5.97 Å². The molecule has 38 heavy (non-hydrogen) atoms. The van der Waals surface area contributed by atoms with Crippen LogP contribution in [-0.4, -0.2) is 35.2 Å². The van der Waals surface area contributed by atoms with E-state index in [1.54, 1.807) is 48.5 Å². The number of carbonyl (C=O) groups excluding carboxylic acids is 3. The number of rotatable bonds is 8. The van der Waals surface area contributed by atoms with Crippen LogP contribution in [0.3, 0.4) is 0 Å². The number of benzene rings is 3. The third-order valence-corrected chi connectivity index (χ3v) is 7.52.